The van der Waals surface area contributed by atoms with Crippen LogP contribution < -0.4 is 5.32 Å². The summed E-state index contributed by atoms with van der Waals surface area (Å²) in [5, 5.41) is 3.64. The summed E-state index contributed by atoms with van der Waals surface area (Å²) in [5.74, 6) is -0.531. The number of rotatable bonds is 8. The second kappa shape index (κ2) is 10.6. The number of carbonyl (C=O) groups is 2. The van der Waals surface area contributed by atoms with Crippen LogP contribution in [0.1, 0.15) is 31.9 Å². The number of benzene rings is 2. The van der Waals surface area contributed by atoms with Gasteiger partial charge in [-0.25, -0.2) is 4.39 Å². The zero-order valence-electron chi connectivity index (χ0n) is 16.7. The molecule has 0 spiro atoms. The molecule has 2 aromatic rings. The predicted molar refractivity (Wildman–Crippen MR) is 114 cm³/mol. The van der Waals surface area contributed by atoms with Gasteiger partial charge in [-0.05, 0) is 48.2 Å². The van der Waals surface area contributed by atoms with E-state index in [0.717, 1.165) is 5.56 Å². The highest BCUT2D eigenvalue weighted by molar-refractivity contribution is 6.42. The number of nitrogens with one attached hydrogen (secondary N) is 1. The van der Waals surface area contributed by atoms with Crippen molar-refractivity contribution >= 4 is 35.0 Å². The molecule has 2 aromatic carbocycles. The fourth-order valence-corrected chi connectivity index (χ4v) is 3.07. The standard InChI is InChI=1S/C22H25Cl2FN2O2/c1-14(2)12-26-22(29)15(3)27(13-16-4-7-18(25)8-5-16)21(28)11-17-6-9-19(23)20(24)10-17/h4-10,14-15H,11-13H2,1-3H3,(H,26,29). The van der Waals surface area contributed by atoms with Crippen LogP contribution in [0.15, 0.2) is 42.5 Å². The summed E-state index contributed by atoms with van der Waals surface area (Å²) in [6.45, 7) is 6.39. The minimum absolute atomic E-state index is 0.0693. The molecule has 156 valence electrons. The van der Waals surface area contributed by atoms with E-state index in [4.69, 9.17) is 23.2 Å². The highest BCUT2D eigenvalue weighted by Crippen LogP contribution is 2.23. The van der Waals surface area contributed by atoms with Crippen molar-refractivity contribution in [2.45, 2.75) is 39.8 Å². The number of amides is 2. The molecule has 0 aromatic heterocycles. The molecule has 0 saturated heterocycles. The highest BCUT2D eigenvalue weighted by atomic mass is 35.5. The average Bonchev–Trinajstić information content (AvgIpc) is 2.67. The molecule has 0 aliphatic carbocycles. The minimum Gasteiger partial charge on any atom is -0.354 e. The minimum atomic E-state index is -0.686. The normalized spacial score (nSPS) is 12.0. The van der Waals surface area contributed by atoms with Crippen LogP contribution in [0.5, 0.6) is 0 Å². The van der Waals surface area contributed by atoms with Gasteiger partial charge >= 0.3 is 0 Å². The van der Waals surface area contributed by atoms with Crippen molar-refractivity contribution in [3.8, 4) is 0 Å². The molecule has 2 rings (SSSR count). The van der Waals surface area contributed by atoms with Gasteiger partial charge in [-0.2, -0.15) is 0 Å². The Morgan fingerprint density at radius 1 is 1.00 bits per heavy atom. The summed E-state index contributed by atoms with van der Waals surface area (Å²) in [5.41, 5.74) is 1.43. The van der Waals surface area contributed by atoms with Gasteiger partial charge in [0.25, 0.3) is 0 Å². The van der Waals surface area contributed by atoms with Crippen LogP contribution in [0.4, 0.5) is 4.39 Å². The molecule has 1 atom stereocenters. The molecular formula is C22H25Cl2FN2O2. The Kier molecular flexibility index (Phi) is 8.47. The maximum atomic E-state index is 13.2. The fourth-order valence-electron chi connectivity index (χ4n) is 2.75. The Hall–Kier alpha value is -2.11. The van der Waals surface area contributed by atoms with Gasteiger partial charge in [0.1, 0.15) is 11.9 Å². The van der Waals surface area contributed by atoms with Crippen LogP contribution >= 0.6 is 23.2 Å². The third kappa shape index (κ3) is 7.02. The molecule has 0 saturated carbocycles. The number of hydrogen-bond acceptors (Lipinski definition) is 2. The lowest BCUT2D eigenvalue weighted by atomic mass is 10.1. The Balaban J connectivity index is 2.21. The highest BCUT2D eigenvalue weighted by Gasteiger charge is 2.26. The van der Waals surface area contributed by atoms with Crippen LogP contribution in [0.3, 0.4) is 0 Å². The first-order chi connectivity index (χ1) is 13.7. The Labute approximate surface area is 181 Å². The van der Waals surface area contributed by atoms with Gasteiger partial charge in [0.15, 0.2) is 0 Å². The largest absolute Gasteiger partial charge is 0.354 e. The molecule has 0 aliphatic heterocycles. The van der Waals surface area contributed by atoms with E-state index < -0.39 is 6.04 Å². The summed E-state index contributed by atoms with van der Waals surface area (Å²) in [6, 6.07) is 10.2. The van der Waals surface area contributed by atoms with Crippen LogP contribution in [0.25, 0.3) is 0 Å². The second-order valence-electron chi connectivity index (χ2n) is 7.39. The Morgan fingerprint density at radius 2 is 1.62 bits per heavy atom. The molecule has 0 bridgehead atoms. The van der Waals surface area contributed by atoms with E-state index in [0.29, 0.717) is 28.1 Å². The second-order valence-corrected chi connectivity index (χ2v) is 8.20. The van der Waals surface area contributed by atoms with Crippen molar-refractivity contribution in [2.75, 3.05) is 6.54 Å². The first-order valence-corrected chi connectivity index (χ1v) is 10.2. The van der Waals surface area contributed by atoms with E-state index in [-0.39, 0.29) is 30.6 Å². The maximum absolute atomic E-state index is 13.2. The smallest absolute Gasteiger partial charge is 0.242 e. The van der Waals surface area contributed by atoms with Crippen LogP contribution in [0.2, 0.25) is 10.0 Å². The molecule has 1 N–H and O–H groups in total. The first-order valence-electron chi connectivity index (χ1n) is 9.43. The van der Waals surface area contributed by atoms with Crippen LogP contribution in [0, 0.1) is 11.7 Å². The average molecular weight is 439 g/mol. The summed E-state index contributed by atoms with van der Waals surface area (Å²) in [6.07, 6.45) is 0.0693. The Morgan fingerprint density at radius 3 is 2.21 bits per heavy atom. The number of hydrogen-bond donors (Lipinski definition) is 1. The lowest BCUT2D eigenvalue weighted by Crippen LogP contribution is -2.48. The summed E-state index contributed by atoms with van der Waals surface area (Å²) in [4.78, 5) is 27.1. The number of carbonyl (C=O) groups excluding carboxylic acids is 2. The van der Waals surface area contributed by atoms with Crippen molar-refractivity contribution in [3.05, 3.63) is 69.5 Å². The number of nitrogens with zero attached hydrogens (tertiary/aromatic N) is 1. The summed E-state index contributed by atoms with van der Waals surface area (Å²) < 4.78 is 13.2. The summed E-state index contributed by atoms with van der Waals surface area (Å²) >= 11 is 12.0. The van der Waals surface area contributed by atoms with Gasteiger partial charge < -0.3 is 10.2 Å². The van der Waals surface area contributed by atoms with Gasteiger partial charge in [0, 0.05) is 13.1 Å². The predicted octanol–water partition coefficient (Wildman–Crippen LogP) is 4.86. The van der Waals surface area contributed by atoms with Crippen LogP contribution in [-0.4, -0.2) is 29.3 Å². The molecule has 0 radical (unpaired) electrons. The lowest BCUT2D eigenvalue weighted by molar-refractivity contribution is -0.140. The third-order valence-electron chi connectivity index (χ3n) is 4.46. The monoisotopic (exact) mass is 438 g/mol. The van der Waals surface area contributed by atoms with E-state index in [1.165, 1.54) is 17.0 Å². The lowest BCUT2D eigenvalue weighted by Gasteiger charge is -2.29. The first kappa shape index (κ1) is 23.2. The van der Waals surface area contributed by atoms with Gasteiger partial charge in [0.05, 0.1) is 16.5 Å². The molecular weight excluding hydrogens is 414 g/mol. The zero-order valence-corrected chi connectivity index (χ0v) is 18.2. The third-order valence-corrected chi connectivity index (χ3v) is 5.20. The van der Waals surface area contributed by atoms with Gasteiger partial charge in [-0.15, -0.1) is 0 Å². The molecule has 0 heterocycles. The topological polar surface area (TPSA) is 49.4 Å². The molecule has 0 fully saturated rings. The van der Waals surface area contributed by atoms with E-state index in [9.17, 15) is 14.0 Å². The van der Waals surface area contributed by atoms with Crippen molar-refractivity contribution in [3.63, 3.8) is 0 Å². The van der Waals surface area contributed by atoms with E-state index in [1.54, 1.807) is 37.3 Å². The van der Waals surface area contributed by atoms with Crippen molar-refractivity contribution in [2.24, 2.45) is 5.92 Å². The molecule has 7 heteroatoms. The summed E-state index contributed by atoms with van der Waals surface area (Å²) in [7, 11) is 0. The SMILES string of the molecule is CC(C)CNC(=O)C(C)N(Cc1ccc(F)cc1)C(=O)Cc1ccc(Cl)c(Cl)c1. The van der Waals surface area contributed by atoms with E-state index in [1.807, 2.05) is 13.8 Å². The number of halogens is 3. The molecule has 2 amide bonds. The molecule has 1 unspecified atom stereocenters. The van der Waals surface area contributed by atoms with Gasteiger partial charge in [-0.3, -0.25) is 9.59 Å². The zero-order chi connectivity index (χ0) is 21.6. The maximum Gasteiger partial charge on any atom is 0.242 e. The van der Waals surface area contributed by atoms with E-state index in [2.05, 4.69) is 5.32 Å². The van der Waals surface area contributed by atoms with Crippen LogP contribution in [-0.2, 0) is 22.6 Å². The van der Waals surface area contributed by atoms with Gasteiger partial charge in [0.2, 0.25) is 11.8 Å². The van der Waals surface area contributed by atoms with Crippen molar-refractivity contribution < 1.29 is 14.0 Å². The van der Waals surface area contributed by atoms with E-state index >= 15 is 0 Å². The van der Waals surface area contributed by atoms with Crippen molar-refractivity contribution in [1.29, 1.82) is 0 Å². The quantitative estimate of drug-likeness (QED) is 0.639. The van der Waals surface area contributed by atoms with Gasteiger partial charge in [-0.1, -0.05) is 55.2 Å². The molecule has 4 nitrogen and oxygen atoms in total. The molecule has 29 heavy (non-hydrogen) atoms. The Bertz CT molecular complexity index is 856. The molecule has 0 aliphatic rings. The van der Waals surface area contributed by atoms with Crippen molar-refractivity contribution in [1.82, 2.24) is 10.2 Å². The fraction of sp³-hybridized carbons (Fsp3) is 0.364.